The third-order valence-corrected chi connectivity index (χ3v) is 4.01. The molecule has 2 aromatic carbocycles. The Kier molecular flexibility index (Phi) is 4.79. The van der Waals surface area contributed by atoms with Crippen LogP contribution in [0.5, 0.6) is 5.75 Å². The van der Waals surface area contributed by atoms with E-state index in [9.17, 15) is 0 Å². The Morgan fingerprint density at radius 3 is 2.65 bits per heavy atom. The Hall–Kier alpha value is -2.11. The summed E-state index contributed by atoms with van der Waals surface area (Å²) in [6.07, 6.45) is 1.76. The minimum atomic E-state index is 0.275. The van der Waals surface area contributed by atoms with Crippen LogP contribution in [0.3, 0.4) is 0 Å². The van der Waals surface area contributed by atoms with E-state index in [0.717, 1.165) is 21.3 Å². The second kappa shape index (κ2) is 6.98. The fraction of sp³-hybridized carbons (Fsp3) is 0.0588. The average Bonchev–Trinajstić information content (AvgIpc) is 3.06. The van der Waals surface area contributed by atoms with E-state index in [0.29, 0.717) is 10.9 Å². The van der Waals surface area contributed by atoms with E-state index in [1.807, 2.05) is 48.5 Å². The molecule has 4 nitrogen and oxygen atoms in total. The fourth-order valence-corrected chi connectivity index (χ4v) is 2.76. The summed E-state index contributed by atoms with van der Waals surface area (Å²) >= 11 is 9.73. The minimum Gasteiger partial charge on any atom is -0.496 e. The zero-order valence-corrected chi connectivity index (χ0v) is 14.5. The summed E-state index contributed by atoms with van der Waals surface area (Å²) < 4.78 is 11.7. The Balaban J connectivity index is 1.87. The summed E-state index contributed by atoms with van der Waals surface area (Å²) in [5, 5.41) is 8.39. The van der Waals surface area contributed by atoms with E-state index in [1.54, 1.807) is 13.2 Å². The monoisotopic (exact) mass is 390 g/mol. The summed E-state index contributed by atoms with van der Waals surface area (Å²) in [6.45, 7) is 0. The number of nitrogens with zero attached hydrogens (tertiary/aromatic N) is 2. The van der Waals surface area contributed by atoms with Gasteiger partial charge in [-0.1, -0.05) is 35.9 Å². The fourth-order valence-electron chi connectivity index (χ4n) is 2.00. The lowest BCUT2D eigenvalue weighted by molar-refractivity contribution is 0.412. The second-order valence-corrected chi connectivity index (χ2v) is 5.93. The highest BCUT2D eigenvalue weighted by atomic mass is 79.9. The van der Waals surface area contributed by atoms with Crippen LogP contribution in [0, 0.1) is 0 Å². The van der Waals surface area contributed by atoms with E-state index in [4.69, 9.17) is 20.8 Å². The van der Waals surface area contributed by atoms with Gasteiger partial charge in [-0.2, -0.15) is 0 Å². The molecule has 0 aliphatic rings. The molecule has 116 valence electrons. The molecule has 0 atom stereocenters. The number of benzene rings is 2. The highest BCUT2D eigenvalue weighted by Crippen LogP contribution is 2.29. The van der Waals surface area contributed by atoms with E-state index in [1.165, 1.54) is 0 Å². The maximum atomic E-state index is 6.29. The normalized spacial score (nSPS) is 11.5. The van der Waals surface area contributed by atoms with Gasteiger partial charge in [0.25, 0.3) is 5.89 Å². The molecule has 23 heavy (non-hydrogen) atoms. The summed E-state index contributed by atoms with van der Waals surface area (Å²) in [6, 6.07) is 15.2. The molecular formula is C17H12BrClN2O2. The lowest BCUT2D eigenvalue weighted by atomic mass is 10.2. The van der Waals surface area contributed by atoms with Crippen LogP contribution in [0.2, 0.25) is 0 Å². The molecule has 0 saturated carbocycles. The van der Waals surface area contributed by atoms with Crippen LogP contribution in [0.15, 0.2) is 57.4 Å². The lowest BCUT2D eigenvalue weighted by Crippen LogP contribution is -1.85. The van der Waals surface area contributed by atoms with Gasteiger partial charge in [-0.15, -0.1) is 10.2 Å². The van der Waals surface area contributed by atoms with Crippen molar-refractivity contribution in [2.24, 2.45) is 0 Å². The Morgan fingerprint density at radius 1 is 1.17 bits per heavy atom. The molecule has 0 N–H and O–H groups in total. The average molecular weight is 392 g/mol. The number of hydrogen-bond donors (Lipinski definition) is 0. The summed E-state index contributed by atoms with van der Waals surface area (Å²) in [4.78, 5) is 0. The number of methoxy groups -OCH3 is 1. The van der Waals surface area contributed by atoms with Gasteiger partial charge in [-0.25, -0.2) is 0 Å². The van der Waals surface area contributed by atoms with Gasteiger partial charge in [0.2, 0.25) is 5.89 Å². The molecule has 0 spiro atoms. The van der Waals surface area contributed by atoms with Crippen molar-refractivity contribution in [3.05, 3.63) is 64.5 Å². The molecule has 1 heterocycles. The van der Waals surface area contributed by atoms with Crippen molar-refractivity contribution in [1.29, 1.82) is 0 Å². The first-order chi connectivity index (χ1) is 11.2. The molecule has 0 bridgehead atoms. The Labute approximate surface area is 146 Å². The molecule has 0 amide bonds. The van der Waals surface area contributed by atoms with Gasteiger partial charge in [-0.3, -0.25) is 0 Å². The molecule has 0 aliphatic carbocycles. The molecule has 6 heteroatoms. The number of ether oxygens (including phenoxy) is 1. The quantitative estimate of drug-likeness (QED) is 0.610. The predicted molar refractivity (Wildman–Crippen MR) is 94.2 cm³/mol. The topological polar surface area (TPSA) is 48.2 Å². The molecule has 0 unspecified atom stereocenters. The van der Waals surface area contributed by atoms with E-state index >= 15 is 0 Å². The second-order valence-electron chi connectivity index (χ2n) is 4.66. The predicted octanol–water partition coefficient (Wildman–Crippen LogP) is 5.24. The highest BCUT2D eigenvalue weighted by Gasteiger charge is 2.11. The summed E-state index contributed by atoms with van der Waals surface area (Å²) in [7, 11) is 1.62. The molecule has 0 saturated heterocycles. The van der Waals surface area contributed by atoms with Crippen molar-refractivity contribution in [3.8, 4) is 17.2 Å². The minimum absolute atomic E-state index is 0.275. The third kappa shape index (κ3) is 3.63. The standard InChI is InChI=1S/C17H12BrClN2O2/c1-22-15-8-7-11(9-13(15)18)10-14(19)17-21-20-16(23-17)12-5-3-2-4-6-12/h2-10H,1H3/b14-10-. The maximum Gasteiger partial charge on any atom is 0.259 e. The van der Waals surface area contributed by atoms with Crippen molar-refractivity contribution >= 4 is 38.6 Å². The molecule has 3 aromatic rings. The summed E-state index contributed by atoms with van der Waals surface area (Å²) in [5.41, 5.74) is 1.74. The van der Waals surface area contributed by atoms with Crippen LogP contribution < -0.4 is 4.74 Å². The van der Waals surface area contributed by atoms with Crippen LogP contribution in [0.4, 0.5) is 0 Å². The van der Waals surface area contributed by atoms with Crippen LogP contribution in [-0.4, -0.2) is 17.3 Å². The van der Waals surface area contributed by atoms with Gasteiger partial charge in [0.15, 0.2) is 0 Å². The molecule has 0 aliphatic heterocycles. The van der Waals surface area contributed by atoms with E-state index in [2.05, 4.69) is 26.1 Å². The van der Waals surface area contributed by atoms with Crippen LogP contribution in [-0.2, 0) is 0 Å². The Bertz CT molecular complexity index is 847. The largest absolute Gasteiger partial charge is 0.496 e. The van der Waals surface area contributed by atoms with Gasteiger partial charge < -0.3 is 9.15 Å². The molecule has 1 aromatic heterocycles. The van der Waals surface area contributed by atoms with Crippen molar-refractivity contribution in [2.45, 2.75) is 0 Å². The number of aromatic nitrogens is 2. The summed E-state index contributed by atoms with van der Waals surface area (Å²) in [5.74, 6) is 1.46. The van der Waals surface area contributed by atoms with Crippen LogP contribution in [0.25, 0.3) is 22.6 Å². The molecule has 0 radical (unpaired) electrons. The van der Waals surface area contributed by atoms with Gasteiger partial charge in [0, 0.05) is 5.56 Å². The first kappa shape index (κ1) is 15.8. The van der Waals surface area contributed by atoms with Crippen molar-refractivity contribution in [3.63, 3.8) is 0 Å². The van der Waals surface area contributed by atoms with E-state index < -0.39 is 0 Å². The molecule has 3 rings (SSSR count). The zero-order valence-electron chi connectivity index (χ0n) is 12.2. The van der Waals surface area contributed by atoms with Crippen molar-refractivity contribution in [2.75, 3.05) is 7.11 Å². The van der Waals surface area contributed by atoms with Crippen LogP contribution >= 0.6 is 27.5 Å². The Morgan fingerprint density at radius 2 is 1.96 bits per heavy atom. The van der Waals surface area contributed by atoms with Gasteiger partial charge in [0.05, 0.1) is 11.6 Å². The number of rotatable bonds is 4. The first-order valence-electron chi connectivity index (χ1n) is 6.77. The third-order valence-electron chi connectivity index (χ3n) is 3.12. The van der Waals surface area contributed by atoms with Gasteiger partial charge in [0.1, 0.15) is 10.8 Å². The van der Waals surface area contributed by atoms with Gasteiger partial charge in [-0.05, 0) is 51.8 Å². The SMILES string of the molecule is COc1ccc(/C=C(\Cl)c2nnc(-c3ccccc3)o2)cc1Br. The number of halogens is 2. The van der Waals surface area contributed by atoms with Crippen molar-refractivity contribution < 1.29 is 9.15 Å². The van der Waals surface area contributed by atoms with Crippen LogP contribution in [0.1, 0.15) is 11.5 Å². The lowest BCUT2D eigenvalue weighted by Gasteiger charge is -2.03. The van der Waals surface area contributed by atoms with E-state index in [-0.39, 0.29) is 5.89 Å². The first-order valence-corrected chi connectivity index (χ1v) is 7.94. The zero-order chi connectivity index (χ0) is 16.2. The maximum absolute atomic E-state index is 6.29. The number of hydrogen-bond acceptors (Lipinski definition) is 4. The van der Waals surface area contributed by atoms with Gasteiger partial charge >= 0.3 is 0 Å². The molecule has 0 fully saturated rings. The molecular weight excluding hydrogens is 380 g/mol. The van der Waals surface area contributed by atoms with Crippen molar-refractivity contribution in [1.82, 2.24) is 10.2 Å². The smallest absolute Gasteiger partial charge is 0.259 e. The highest BCUT2D eigenvalue weighted by molar-refractivity contribution is 9.10.